The molecule has 174 valence electrons. The molecule has 3 amide bonds. The number of aromatic nitrogens is 2. The highest BCUT2D eigenvalue weighted by Crippen LogP contribution is 2.31. The second-order valence-corrected chi connectivity index (χ2v) is 9.29. The number of nitrogens with zero attached hydrogens (tertiary/aromatic N) is 4. The molecule has 0 bridgehead atoms. The van der Waals surface area contributed by atoms with Gasteiger partial charge in [-0.2, -0.15) is 10.4 Å². The molecule has 1 aromatic heterocycles. The maximum absolute atomic E-state index is 13.2. The van der Waals surface area contributed by atoms with Crippen molar-refractivity contribution in [2.75, 3.05) is 6.54 Å². The first-order chi connectivity index (χ1) is 16.1. The Morgan fingerprint density at radius 1 is 1.18 bits per heavy atom. The molecule has 2 heterocycles. The fourth-order valence-electron chi connectivity index (χ4n) is 4.12. The summed E-state index contributed by atoms with van der Waals surface area (Å²) in [6.45, 7) is 6.75. The standard InChI is InChI=1S/C25H25ClN6O2/c1-15-12-17(6-9-19(15)26)22-21(23(28)33)20-14-31(10-11-32(20)30-22)24(34)29-25(2,3)18-7-4-16(13-27)5-8-18/h4-9,12H,10-11,14H2,1-3H3,(H2,28,33)(H,29,34). The Morgan fingerprint density at radius 2 is 1.88 bits per heavy atom. The number of amides is 3. The fourth-order valence-corrected chi connectivity index (χ4v) is 4.24. The van der Waals surface area contributed by atoms with Gasteiger partial charge in [-0.05, 0) is 56.2 Å². The summed E-state index contributed by atoms with van der Waals surface area (Å²) in [5, 5.41) is 17.3. The Balaban J connectivity index is 1.59. The third-order valence-corrected chi connectivity index (χ3v) is 6.52. The van der Waals surface area contributed by atoms with Crippen molar-refractivity contribution in [1.29, 1.82) is 5.26 Å². The molecule has 8 nitrogen and oxygen atoms in total. The van der Waals surface area contributed by atoms with Crippen molar-refractivity contribution in [2.45, 2.75) is 39.4 Å². The fraction of sp³-hybridized carbons (Fsp3) is 0.280. The monoisotopic (exact) mass is 476 g/mol. The first-order valence-electron chi connectivity index (χ1n) is 10.8. The third-order valence-electron chi connectivity index (χ3n) is 6.10. The molecule has 0 radical (unpaired) electrons. The van der Waals surface area contributed by atoms with Gasteiger partial charge < -0.3 is 16.0 Å². The molecule has 2 aromatic carbocycles. The Labute approximate surface area is 202 Å². The molecular weight excluding hydrogens is 452 g/mol. The number of carbonyl (C=O) groups excluding carboxylic acids is 2. The molecule has 0 saturated carbocycles. The highest BCUT2D eigenvalue weighted by molar-refractivity contribution is 6.31. The van der Waals surface area contributed by atoms with E-state index in [2.05, 4.69) is 16.5 Å². The zero-order chi connectivity index (χ0) is 24.6. The van der Waals surface area contributed by atoms with Crippen LogP contribution >= 0.6 is 11.6 Å². The van der Waals surface area contributed by atoms with Crippen molar-refractivity contribution in [2.24, 2.45) is 5.73 Å². The molecule has 0 unspecified atom stereocenters. The molecule has 0 saturated heterocycles. The molecule has 0 spiro atoms. The van der Waals surface area contributed by atoms with Crippen LogP contribution in [0.4, 0.5) is 4.79 Å². The number of hydrogen-bond donors (Lipinski definition) is 2. The summed E-state index contributed by atoms with van der Waals surface area (Å²) in [7, 11) is 0. The summed E-state index contributed by atoms with van der Waals surface area (Å²) in [4.78, 5) is 27.2. The number of benzene rings is 2. The lowest BCUT2D eigenvalue weighted by Gasteiger charge is -2.33. The molecule has 3 N–H and O–H groups in total. The largest absolute Gasteiger partial charge is 0.365 e. The van der Waals surface area contributed by atoms with E-state index in [-0.39, 0.29) is 12.6 Å². The summed E-state index contributed by atoms with van der Waals surface area (Å²) in [6, 6.07) is 14.4. The molecule has 1 aliphatic rings. The van der Waals surface area contributed by atoms with Crippen LogP contribution in [0, 0.1) is 18.3 Å². The summed E-state index contributed by atoms with van der Waals surface area (Å²) >= 11 is 6.15. The van der Waals surface area contributed by atoms with E-state index in [9.17, 15) is 9.59 Å². The van der Waals surface area contributed by atoms with Gasteiger partial charge in [0.25, 0.3) is 5.91 Å². The maximum Gasteiger partial charge on any atom is 0.318 e. The van der Waals surface area contributed by atoms with Gasteiger partial charge in [0.15, 0.2) is 0 Å². The Hall–Kier alpha value is -3.83. The van der Waals surface area contributed by atoms with E-state index in [0.717, 1.165) is 16.7 Å². The predicted molar refractivity (Wildman–Crippen MR) is 129 cm³/mol. The number of rotatable bonds is 4. The molecule has 34 heavy (non-hydrogen) atoms. The summed E-state index contributed by atoms with van der Waals surface area (Å²) < 4.78 is 1.74. The van der Waals surface area contributed by atoms with Gasteiger partial charge in [0.2, 0.25) is 0 Å². The Kier molecular flexibility index (Phi) is 6.07. The van der Waals surface area contributed by atoms with Crippen LogP contribution < -0.4 is 11.1 Å². The van der Waals surface area contributed by atoms with Crippen LogP contribution in [-0.4, -0.2) is 33.2 Å². The minimum atomic E-state index is -0.665. The zero-order valence-corrected chi connectivity index (χ0v) is 20.0. The number of nitrogens with two attached hydrogens (primary N) is 1. The van der Waals surface area contributed by atoms with Crippen LogP contribution in [0.2, 0.25) is 5.02 Å². The van der Waals surface area contributed by atoms with Gasteiger partial charge in [-0.3, -0.25) is 9.48 Å². The first kappa shape index (κ1) is 23.3. The minimum Gasteiger partial charge on any atom is -0.365 e. The van der Waals surface area contributed by atoms with Crippen molar-refractivity contribution in [3.8, 4) is 17.3 Å². The number of nitriles is 1. The highest BCUT2D eigenvalue weighted by atomic mass is 35.5. The van der Waals surface area contributed by atoms with E-state index in [0.29, 0.717) is 40.6 Å². The Bertz CT molecular complexity index is 1320. The number of primary amides is 1. The van der Waals surface area contributed by atoms with Crippen LogP contribution in [0.25, 0.3) is 11.3 Å². The molecular formula is C25H25ClN6O2. The van der Waals surface area contributed by atoms with Gasteiger partial charge in [-0.1, -0.05) is 29.8 Å². The van der Waals surface area contributed by atoms with E-state index in [1.165, 1.54) is 0 Å². The maximum atomic E-state index is 13.2. The average molecular weight is 477 g/mol. The summed E-state index contributed by atoms with van der Waals surface area (Å²) in [6.07, 6.45) is 0. The summed E-state index contributed by atoms with van der Waals surface area (Å²) in [5.41, 5.74) is 9.53. The van der Waals surface area contributed by atoms with Crippen molar-refractivity contribution in [3.05, 3.63) is 75.4 Å². The van der Waals surface area contributed by atoms with Crippen molar-refractivity contribution >= 4 is 23.5 Å². The van der Waals surface area contributed by atoms with Gasteiger partial charge in [0.1, 0.15) is 5.69 Å². The van der Waals surface area contributed by atoms with Gasteiger partial charge >= 0.3 is 6.03 Å². The summed E-state index contributed by atoms with van der Waals surface area (Å²) in [5.74, 6) is -0.593. The van der Waals surface area contributed by atoms with Crippen LogP contribution in [0.1, 0.15) is 46.6 Å². The average Bonchev–Trinajstić information content (AvgIpc) is 3.19. The van der Waals surface area contributed by atoms with Gasteiger partial charge in [0.05, 0.1) is 41.5 Å². The van der Waals surface area contributed by atoms with Crippen LogP contribution in [-0.2, 0) is 18.6 Å². The number of hydrogen-bond acceptors (Lipinski definition) is 4. The first-order valence-corrected chi connectivity index (χ1v) is 11.2. The molecule has 3 aromatic rings. The second-order valence-electron chi connectivity index (χ2n) is 8.89. The van der Waals surface area contributed by atoms with Gasteiger partial charge in [-0.15, -0.1) is 0 Å². The van der Waals surface area contributed by atoms with E-state index in [4.69, 9.17) is 22.6 Å². The molecule has 1 aliphatic heterocycles. The molecule has 0 aliphatic carbocycles. The molecule has 0 fully saturated rings. The lowest BCUT2D eigenvalue weighted by atomic mass is 9.93. The van der Waals surface area contributed by atoms with E-state index in [1.807, 2.05) is 39.0 Å². The number of fused-ring (bicyclic) bond motifs is 1. The minimum absolute atomic E-state index is 0.202. The second kappa shape index (κ2) is 8.84. The zero-order valence-electron chi connectivity index (χ0n) is 19.2. The van der Waals surface area contributed by atoms with Crippen molar-refractivity contribution < 1.29 is 9.59 Å². The molecule has 4 rings (SSSR count). The number of urea groups is 1. The van der Waals surface area contributed by atoms with Crippen molar-refractivity contribution in [3.63, 3.8) is 0 Å². The van der Waals surface area contributed by atoms with Crippen molar-refractivity contribution in [1.82, 2.24) is 20.0 Å². The van der Waals surface area contributed by atoms with E-state index >= 15 is 0 Å². The number of nitrogens with one attached hydrogen (secondary N) is 1. The van der Waals surface area contributed by atoms with E-state index < -0.39 is 11.4 Å². The molecule has 0 atom stereocenters. The quantitative estimate of drug-likeness (QED) is 0.592. The SMILES string of the molecule is Cc1cc(-c2nn3c(c2C(N)=O)CN(C(=O)NC(C)(C)c2ccc(C#N)cc2)CC3)ccc1Cl. The highest BCUT2D eigenvalue weighted by Gasteiger charge is 2.32. The normalized spacial score (nSPS) is 13.2. The van der Waals surface area contributed by atoms with E-state index in [1.54, 1.807) is 33.8 Å². The van der Waals surface area contributed by atoms with Gasteiger partial charge in [0, 0.05) is 17.1 Å². The number of halogens is 1. The van der Waals surface area contributed by atoms with Gasteiger partial charge in [-0.25, -0.2) is 4.79 Å². The van der Waals surface area contributed by atoms with Crippen LogP contribution in [0.3, 0.4) is 0 Å². The number of aryl methyl sites for hydroxylation is 1. The molecule has 9 heteroatoms. The topological polar surface area (TPSA) is 117 Å². The smallest absolute Gasteiger partial charge is 0.318 e. The van der Waals surface area contributed by atoms with Crippen LogP contribution in [0.5, 0.6) is 0 Å². The lowest BCUT2D eigenvalue weighted by Crippen LogP contribution is -2.50. The Morgan fingerprint density at radius 3 is 2.50 bits per heavy atom. The van der Waals surface area contributed by atoms with Crippen LogP contribution in [0.15, 0.2) is 42.5 Å². The lowest BCUT2D eigenvalue weighted by molar-refractivity contribution is 0.0997. The third kappa shape index (κ3) is 4.35. The predicted octanol–water partition coefficient (Wildman–Crippen LogP) is 3.94. The number of carbonyl (C=O) groups is 2.